The number of hydrogen-bond acceptors (Lipinski definition) is 3. The van der Waals surface area contributed by atoms with Gasteiger partial charge in [0.2, 0.25) is 5.91 Å². The first kappa shape index (κ1) is 20.4. The van der Waals surface area contributed by atoms with E-state index in [1.54, 1.807) is 42.7 Å². The minimum Gasteiger partial charge on any atom is -0.486 e. The molecule has 2 heterocycles. The molecule has 0 aliphatic carbocycles. The van der Waals surface area contributed by atoms with Crippen LogP contribution in [0.25, 0.3) is 17.2 Å². The van der Waals surface area contributed by atoms with Crippen LogP contribution in [-0.2, 0) is 11.2 Å². The minimum atomic E-state index is -0.415. The average molecular weight is 443 g/mol. The summed E-state index contributed by atoms with van der Waals surface area (Å²) >= 11 is 12.2. The van der Waals surface area contributed by atoms with Gasteiger partial charge in [0.15, 0.2) is 0 Å². The third-order valence-electron chi connectivity index (χ3n) is 4.71. The van der Waals surface area contributed by atoms with Crippen LogP contribution < -0.4 is 10.1 Å². The lowest BCUT2D eigenvalue weighted by Crippen LogP contribution is -2.33. The van der Waals surface area contributed by atoms with Crippen molar-refractivity contribution in [2.24, 2.45) is 0 Å². The molecule has 2 aromatic carbocycles. The highest BCUT2D eigenvalue weighted by Gasteiger charge is 2.26. The third kappa shape index (κ3) is 4.64. The van der Waals surface area contributed by atoms with Crippen LogP contribution in [0.5, 0.6) is 5.75 Å². The Balaban J connectivity index is 1.41. The standard InChI is InChI=1S/C23H17Cl2FN2O2/c24-17-4-5-19(21(26)11-17)15-8-16-9-18(30-23(16)20(25)10-15)13-28-22(29)6-3-14-2-1-7-27-12-14/h1-8,10-12,18H,9,13H2,(H,28,29). The fraction of sp³-hybridized carbons (Fsp3) is 0.130. The van der Waals surface area contributed by atoms with Crippen LogP contribution >= 0.6 is 23.2 Å². The summed E-state index contributed by atoms with van der Waals surface area (Å²) in [5.74, 6) is -0.0741. The molecule has 4 nitrogen and oxygen atoms in total. The molecule has 152 valence electrons. The number of carbonyl (C=O) groups excluding carboxylic acids is 1. The van der Waals surface area contributed by atoms with E-state index in [1.807, 2.05) is 12.1 Å². The van der Waals surface area contributed by atoms with E-state index in [4.69, 9.17) is 27.9 Å². The number of hydrogen-bond donors (Lipinski definition) is 1. The molecule has 1 aliphatic rings. The molecule has 3 aromatic rings. The van der Waals surface area contributed by atoms with E-state index < -0.39 is 5.82 Å². The molecule has 1 aromatic heterocycles. The van der Waals surface area contributed by atoms with Gasteiger partial charge in [0.1, 0.15) is 17.7 Å². The number of pyridine rings is 1. The van der Waals surface area contributed by atoms with E-state index in [-0.39, 0.29) is 12.0 Å². The number of aromatic nitrogens is 1. The maximum absolute atomic E-state index is 14.3. The van der Waals surface area contributed by atoms with Gasteiger partial charge in [0, 0.05) is 41.0 Å². The summed E-state index contributed by atoms with van der Waals surface area (Å²) in [4.78, 5) is 16.1. The van der Waals surface area contributed by atoms with Gasteiger partial charge >= 0.3 is 0 Å². The number of nitrogens with zero attached hydrogens (tertiary/aromatic N) is 1. The van der Waals surface area contributed by atoms with Crippen molar-refractivity contribution < 1.29 is 13.9 Å². The molecule has 1 unspecified atom stereocenters. The van der Waals surface area contributed by atoms with Crippen molar-refractivity contribution >= 4 is 35.2 Å². The van der Waals surface area contributed by atoms with Gasteiger partial charge in [-0.1, -0.05) is 29.3 Å². The second-order valence-electron chi connectivity index (χ2n) is 6.88. The fourth-order valence-electron chi connectivity index (χ4n) is 3.30. The molecule has 0 bridgehead atoms. The molecule has 30 heavy (non-hydrogen) atoms. The quantitative estimate of drug-likeness (QED) is 0.543. The van der Waals surface area contributed by atoms with Gasteiger partial charge in [0.25, 0.3) is 0 Å². The highest BCUT2D eigenvalue weighted by atomic mass is 35.5. The monoisotopic (exact) mass is 442 g/mol. The second-order valence-corrected chi connectivity index (χ2v) is 7.72. The van der Waals surface area contributed by atoms with Gasteiger partial charge < -0.3 is 10.1 Å². The molecule has 0 saturated heterocycles. The summed E-state index contributed by atoms with van der Waals surface area (Å²) < 4.78 is 20.2. The van der Waals surface area contributed by atoms with Crippen molar-refractivity contribution in [3.8, 4) is 16.9 Å². The van der Waals surface area contributed by atoms with Crippen molar-refractivity contribution in [1.29, 1.82) is 0 Å². The van der Waals surface area contributed by atoms with Crippen LogP contribution in [0.4, 0.5) is 4.39 Å². The highest BCUT2D eigenvalue weighted by molar-refractivity contribution is 6.32. The largest absolute Gasteiger partial charge is 0.486 e. The number of benzene rings is 2. The lowest BCUT2D eigenvalue weighted by Gasteiger charge is -2.11. The van der Waals surface area contributed by atoms with Crippen molar-refractivity contribution in [2.45, 2.75) is 12.5 Å². The number of fused-ring (bicyclic) bond motifs is 1. The molecule has 0 radical (unpaired) electrons. The Morgan fingerprint density at radius 3 is 2.90 bits per heavy atom. The summed E-state index contributed by atoms with van der Waals surface area (Å²) in [6, 6.07) is 11.7. The third-order valence-corrected chi connectivity index (χ3v) is 5.23. The van der Waals surface area contributed by atoms with E-state index >= 15 is 0 Å². The first-order chi connectivity index (χ1) is 14.5. The molecular weight excluding hydrogens is 426 g/mol. The van der Waals surface area contributed by atoms with Gasteiger partial charge in [-0.2, -0.15) is 0 Å². The van der Waals surface area contributed by atoms with Crippen LogP contribution in [0.3, 0.4) is 0 Å². The van der Waals surface area contributed by atoms with Crippen molar-refractivity contribution in [3.63, 3.8) is 0 Å². The minimum absolute atomic E-state index is 0.228. The van der Waals surface area contributed by atoms with E-state index in [0.717, 1.165) is 11.1 Å². The Labute approximate surface area is 183 Å². The molecular formula is C23H17Cl2FN2O2. The Bertz CT molecular complexity index is 1120. The van der Waals surface area contributed by atoms with Crippen molar-refractivity contribution in [3.05, 3.63) is 87.9 Å². The second kappa shape index (κ2) is 8.86. The molecule has 4 rings (SSSR count). The Morgan fingerprint density at radius 2 is 2.13 bits per heavy atom. The Hall–Kier alpha value is -2.89. The van der Waals surface area contributed by atoms with E-state index in [0.29, 0.717) is 39.9 Å². The summed E-state index contributed by atoms with van der Waals surface area (Å²) in [7, 11) is 0. The van der Waals surface area contributed by atoms with Crippen LogP contribution in [0.1, 0.15) is 11.1 Å². The van der Waals surface area contributed by atoms with Gasteiger partial charge in [0.05, 0.1) is 11.6 Å². The molecule has 1 aliphatic heterocycles. The van der Waals surface area contributed by atoms with Crippen molar-refractivity contribution in [1.82, 2.24) is 10.3 Å². The maximum atomic E-state index is 14.3. The highest BCUT2D eigenvalue weighted by Crippen LogP contribution is 2.40. The van der Waals surface area contributed by atoms with Crippen LogP contribution in [-0.4, -0.2) is 23.5 Å². The average Bonchev–Trinajstić information content (AvgIpc) is 3.15. The number of ether oxygens (including phenoxy) is 1. The van der Waals surface area contributed by atoms with Crippen molar-refractivity contribution in [2.75, 3.05) is 6.54 Å². The number of carbonyl (C=O) groups is 1. The zero-order valence-corrected chi connectivity index (χ0v) is 17.3. The normalized spacial score (nSPS) is 15.1. The zero-order valence-electron chi connectivity index (χ0n) is 15.7. The lowest BCUT2D eigenvalue weighted by molar-refractivity contribution is -0.116. The predicted octanol–water partition coefficient (Wildman–Crippen LogP) is 5.33. The predicted molar refractivity (Wildman–Crippen MR) is 116 cm³/mol. The molecule has 1 amide bonds. The van der Waals surface area contributed by atoms with E-state index in [2.05, 4.69) is 10.3 Å². The summed E-state index contributed by atoms with van der Waals surface area (Å²) in [6.45, 7) is 0.325. The molecule has 0 spiro atoms. The molecule has 7 heteroatoms. The van der Waals surface area contributed by atoms with E-state index in [9.17, 15) is 9.18 Å². The smallest absolute Gasteiger partial charge is 0.244 e. The molecule has 1 atom stereocenters. The number of nitrogens with one attached hydrogen (secondary N) is 1. The molecule has 0 saturated carbocycles. The van der Waals surface area contributed by atoms with Gasteiger partial charge in [-0.05, 0) is 53.6 Å². The number of rotatable bonds is 5. The fourth-order valence-corrected chi connectivity index (χ4v) is 3.74. The lowest BCUT2D eigenvalue weighted by atomic mass is 10.0. The van der Waals surface area contributed by atoms with Gasteiger partial charge in [-0.15, -0.1) is 0 Å². The number of amides is 1. The maximum Gasteiger partial charge on any atom is 0.244 e. The van der Waals surface area contributed by atoms with Gasteiger partial charge in [-0.25, -0.2) is 4.39 Å². The Morgan fingerprint density at radius 1 is 1.27 bits per heavy atom. The first-order valence-corrected chi connectivity index (χ1v) is 10.1. The van der Waals surface area contributed by atoms with Crippen LogP contribution in [0.2, 0.25) is 10.0 Å². The first-order valence-electron chi connectivity index (χ1n) is 9.30. The van der Waals surface area contributed by atoms with Crippen LogP contribution in [0.15, 0.2) is 60.9 Å². The van der Waals surface area contributed by atoms with Crippen LogP contribution in [0, 0.1) is 5.82 Å². The number of halogens is 3. The molecule has 0 fully saturated rings. The van der Waals surface area contributed by atoms with Gasteiger partial charge in [-0.3, -0.25) is 9.78 Å². The SMILES string of the molecule is O=C(C=Cc1cccnc1)NCC1Cc2cc(-c3ccc(Cl)cc3F)cc(Cl)c2O1. The summed E-state index contributed by atoms with van der Waals surface area (Å²) in [5, 5.41) is 3.56. The Kier molecular flexibility index (Phi) is 6.02. The topological polar surface area (TPSA) is 51.2 Å². The van der Waals surface area contributed by atoms with E-state index in [1.165, 1.54) is 12.1 Å². The molecule has 1 N–H and O–H groups in total. The zero-order chi connectivity index (χ0) is 21.1. The summed E-state index contributed by atoms with van der Waals surface area (Å²) in [6.07, 6.45) is 6.79. The summed E-state index contributed by atoms with van der Waals surface area (Å²) in [5.41, 5.74) is 2.78.